The van der Waals surface area contributed by atoms with Gasteiger partial charge in [-0.3, -0.25) is 9.13 Å². The average molecular weight is 576 g/mol. The van der Waals surface area contributed by atoms with E-state index in [-0.39, 0.29) is 5.41 Å². The number of para-hydroxylation sites is 2. The first kappa shape index (κ1) is 25.3. The minimum absolute atomic E-state index is 0.236. The Labute approximate surface area is 259 Å². The topological polar surface area (TPSA) is 50.9 Å². The van der Waals surface area contributed by atoms with Crippen molar-refractivity contribution in [1.29, 1.82) is 5.26 Å². The Morgan fingerprint density at radius 1 is 0.667 bits per heavy atom. The third kappa shape index (κ3) is 3.33. The highest BCUT2D eigenvalue weighted by atomic mass is 15.1. The summed E-state index contributed by atoms with van der Waals surface area (Å²) in [7, 11) is 0. The molecule has 5 nitrogen and oxygen atoms in total. The van der Waals surface area contributed by atoms with Crippen LogP contribution in [-0.2, 0) is 5.41 Å². The fourth-order valence-electron chi connectivity index (χ4n) is 7.64. The van der Waals surface area contributed by atoms with Gasteiger partial charge in [-0.2, -0.15) is 5.26 Å². The van der Waals surface area contributed by atoms with Crippen molar-refractivity contribution in [2.75, 3.05) is 0 Å². The van der Waals surface area contributed by atoms with Gasteiger partial charge in [0.05, 0.1) is 40.3 Å². The van der Waals surface area contributed by atoms with Gasteiger partial charge in [-0.05, 0) is 76.9 Å². The number of hydrogen-bond donors (Lipinski definition) is 0. The third-order valence-corrected chi connectivity index (χ3v) is 9.54. The Bertz CT molecular complexity index is 2650. The molecule has 0 spiro atoms. The first-order valence-corrected chi connectivity index (χ1v) is 15.0. The molecule has 3 aromatic heterocycles. The Balaban J connectivity index is 1.33. The van der Waals surface area contributed by atoms with Gasteiger partial charge in [-0.15, -0.1) is 0 Å². The van der Waals surface area contributed by atoms with Crippen molar-refractivity contribution < 1.29 is 0 Å². The van der Waals surface area contributed by atoms with Gasteiger partial charge in [-0.1, -0.05) is 74.5 Å². The lowest BCUT2D eigenvalue weighted by Gasteiger charge is -2.22. The smallest absolute Gasteiger partial charge is 0.187 e. The van der Waals surface area contributed by atoms with Crippen LogP contribution in [0.2, 0.25) is 0 Å². The summed E-state index contributed by atoms with van der Waals surface area (Å²) in [6.07, 6.45) is 0. The predicted molar refractivity (Wildman–Crippen MR) is 181 cm³/mol. The second-order valence-electron chi connectivity index (χ2n) is 12.3. The summed E-state index contributed by atoms with van der Waals surface area (Å²) in [4.78, 5) is 9.04. The molecule has 1 aliphatic carbocycles. The monoisotopic (exact) mass is 575 g/mol. The van der Waals surface area contributed by atoms with E-state index < -0.39 is 0 Å². The molecule has 5 heteroatoms. The van der Waals surface area contributed by atoms with E-state index >= 15 is 0 Å². The van der Waals surface area contributed by atoms with E-state index in [1.165, 1.54) is 27.5 Å². The number of hydrogen-bond acceptors (Lipinski definition) is 2. The van der Waals surface area contributed by atoms with Gasteiger partial charge in [-0.25, -0.2) is 9.83 Å². The minimum atomic E-state index is -0.236. The van der Waals surface area contributed by atoms with Crippen molar-refractivity contribution in [3.63, 3.8) is 0 Å². The molecule has 0 saturated carbocycles. The Kier molecular flexibility index (Phi) is 5.03. The van der Waals surface area contributed by atoms with Crippen molar-refractivity contribution in [1.82, 2.24) is 14.1 Å². The van der Waals surface area contributed by atoms with Crippen molar-refractivity contribution in [2.24, 2.45) is 0 Å². The number of fused-ring (bicyclic) bond motifs is 10. The molecule has 45 heavy (non-hydrogen) atoms. The first-order valence-electron chi connectivity index (χ1n) is 15.0. The molecule has 8 aromatic rings. The zero-order valence-electron chi connectivity index (χ0n) is 24.7. The van der Waals surface area contributed by atoms with Crippen LogP contribution >= 0.6 is 0 Å². The van der Waals surface area contributed by atoms with Gasteiger partial charge in [0.15, 0.2) is 5.69 Å². The van der Waals surface area contributed by atoms with Gasteiger partial charge in [0.25, 0.3) is 0 Å². The van der Waals surface area contributed by atoms with Gasteiger partial charge in [0, 0.05) is 27.0 Å². The molecule has 5 aromatic carbocycles. The van der Waals surface area contributed by atoms with Crippen LogP contribution in [0.3, 0.4) is 0 Å². The van der Waals surface area contributed by atoms with Crippen LogP contribution in [0.15, 0.2) is 115 Å². The molecule has 210 valence electrons. The molecule has 0 fully saturated rings. The molecule has 0 aliphatic heterocycles. The van der Waals surface area contributed by atoms with Crippen LogP contribution in [0, 0.1) is 17.9 Å². The standard InChI is InChI=1S/C40H25N5/c1-40(2)31-18-16-25(42-3)22-29(31)27-17-20-35-38(39(27)40)28-10-5-7-12-33(28)45(35)37-14-8-13-36(43-37)44-32-11-6-4-9-26(32)30-21-24(23-41)15-19-34(30)44/h4-22H,1-2H3. The van der Waals surface area contributed by atoms with Crippen molar-refractivity contribution in [3.8, 4) is 28.8 Å². The molecule has 9 rings (SSSR count). The van der Waals surface area contributed by atoms with Gasteiger partial charge in [0.1, 0.15) is 11.6 Å². The lowest BCUT2D eigenvalue weighted by atomic mass is 9.80. The summed E-state index contributed by atoms with van der Waals surface area (Å²) in [6, 6.07) is 41.7. The highest BCUT2D eigenvalue weighted by Crippen LogP contribution is 2.54. The summed E-state index contributed by atoms with van der Waals surface area (Å²) in [5, 5.41) is 14.1. The highest BCUT2D eigenvalue weighted by Gasteiger charge is 2.38. The Morgan fingerprint density at radius 3 is 2.09 bits per heavy atom. The molecule has 0 atom stereocenters. The summed E-state index contributed by atoms with van der Waals surface area (Å²) in [5.41, 5.74) is 10.2. The maximum atomic E-state index is 9.59. The second kappa shape index (κ2) is 8.92. The van der Waals surface area contributed by atoms with Crippen molar-refractivity contribution >= 4 is 49.3 Å². The molecule has 0 unspecified atom stereocenters. The molecule has 1 aliphatic rings. The average Bonchev–Trinajstić information content (AvgIpc) is 3.67. The highest BCUT2D eigenvalue weighted by molar-refractivity contribution is 6.14. The largest absolute Gasteiger partial charge is 0.294 e. The van der Waals surface area contributed by atoms with Crippen LogP contribution in [-0.4, -0.2) is 14.1 Å². The SMILES string of the molecule is [C-]#[N+]c1ccc2c(c1)-c1ccc3c(c1C2(C)C)c1ccccc1n3-c1cccc(-n2c3ccccc3c3cc(C#N)ccc32)n1. The Morgan fingerprint density at radius 2 is 1.33 bits per heavy atom. The number of rotatable bonds is 2. The van der Waals surface area contributed by atoms with Gasteiger partial charge >= 0.3 is 0 Å². The molecule has 0 saturated heterocycles. The van der Waals surface area contributed by atoms with E-state index in [1.54, 1.807) is 0 Å². The third-order valence-electron chi connectivity index (χ3n) is 9.54. The van der Waals surface area contributed by atoms with Crippen LogP contribution in [0.4, 0.5) is 5.69 Å². The first-order chi connectivity index (χ1) is 22.0. The van der Waals surface area contributed by atoms with Crippen LogP contribution in [0.5, 0.6) is 0 Å². The van der Waals surface area contributed by atoms with Crippen LogP contribution in [0.25, 0.3) is 71.2 Å². The normalized spacial score (nSPS) is 13.2. The zero-order chi connectivity index (χ0) is 30.4. The van der Waals surface area contributed by atoms with E-state index in [1.807, 2.05) is 48.5 Å². The van der Waals surface area contributed by atoms with Crippen molar-refractivity contribution in [3.05, 3.63) is 143 Å². The summed E-state index contributed by atoms with van der Waals surface area (Å²) < 4.78 is 4.47. The second-order valence-corrected chi connectivity index (χ2v) is 12.3. The summed E-state index contributed by atoms with van der Waals surface area (Å²) in [6.45, 7) is 12.2. The lowest BCUT2D eigenvalue weighted by molar-refractivity contribution is 0.666. The maximum Gasteiger partial charge on any atom is 0.187 e. The Hall–Kier alpha value is -6.17. The summed E-state index contributed by atoms with van der Waals surface area (Å²) in [5.74, 6) is 1.65. The number of nitrogens with zero attached hydrogens (tertiary/aromatic N) is 5. The van der Waals surface area contributed by atoms with E-state index in [4.69, 9.17) is 11.6 Å². The zero-order valence-corrected chi connectivity index (χ0v) is 24.7. The van der Waals surface area contributed by atoms with Gasteiger partial charge in [0.2, 0.25) is 0 Å². The van der Waals surface area contributed by atoms with Crippen LogP contribution < -0.4 is 0 Å². The number of pyridine rings is 1. The molecule has 0 radical (unpaired) electrons. The lowest BCUT2D eigenvalue weighted by Crippen LogP contribution is -2.15. The molecular weight excluding hydrogens is 550 g/mol. The van der Waals surface area contributed by atoms with E-state index in [0.29, 0.717) is 11.3 Å². The molecule has 0 amide bonds. The van der Waals surface area contributed by atoms with Crippen LogP contribution in [0.1, 0.15) is 30.5 Å². The minimum Gasteiger partial charge on any atom is -0.294 e. The molecule has 0 N–H and O–H groups in total. The molecule has 0 bridgehead atoms. The molecular formula is C40H25N5. The van der Waals surface area contributed by atoms with E-state index in [9.17, 15) is 5.26 Å². The number of aromatic nitrogens is 3. The van der Waals surface area contributed by atoms with Gasteiger partial charge < -0.3 is 0 Å². The number of benzene rings is 5. The van der Waals surface area contributed by atoms with Crippen molar-refractivity contribution in [2.45, 2.75) is 19.3 Å². The predicted octanol–water partition coefficient (Wildman–Crippen LogP) is 10.0. The molecule has 3 heterocycles. The fraction of sp³-hybridized carbons (Fsp3) is 0.0750. The quantitative estimate of drug-likeness (QED) is 0.193. The summed E-state index contributed by atoms with van der Waals surface area (Å²) >= 11 is 0. The van der Waals surface area contributed by atoms with E-state index in [2.05, 4.69) is 101 Å². The fourth-order valence-corrected chi connectivity index (χ4v) is 7.64. The van der Waals surface area contributed by atoms with E-state index in [0.717, 1.165) is 50.0 Å². The number of nitriles is 1. The maximum absolute atomic E-state index is 9.59.